The highest BCUT2D eigenvalue weighted by atomic mass is 35.5. The Hall–Kier alpha value is -3.17. The fraction of sp³-hybridized carbons (Fsp3) is 0.292. The third kappa shape index (κ3) is 4.10. The Morgan fingerprint density at radius 1 is 1.24 bits per heavy atom. The number of aryl methyl sites for hydroxylation is 1. The van der Waals surface area contributed by atoms with E-state index in [-0.39, 0.29) is 23.7 Å². The molecule has 0 saturated carbocycles. The fourth-order valence-electron chi connectivity index (χ4n) is 4.41. The first-order valence-corrected chi connectivity index (χ1v) is 12.2. The molecule has 3 aliphatic heterocycles. The van der Waals surface area contributed by atoms with E-state index in [1.165, 1.54) is 16.8 Å². The van der Waals surface area contributed by atoms with Crippen molar-refractivity contribution < 1.29 is 9.59 Å². The topological polar surface area (TPSA) is 94.1 Å². The van der Waals surface area contributed by atoms with Crippen LogP contribution in [0, 0.1) is 19.3 Å². The second kappa shape index (κ2) is 8.88. The molecule has 0 spiro atoms. The van der Waals surface area contributed by atoms with Gasteiger partial charge < -0.3 is 9.47 Å². The molecule has 8 nitrogen and oxygen atoms in total. The SMILES string of the molecule is Cc1cc(C=C2C(=N)N3N=C(CC(=O)N4CCCC4)SC3=NC2=O)c(C)n1-c1cccc(Cl)c1. The average Bonchev–Trinajstić information content (AvgIpc) is 3.51. The van der Waals surface area contributed by atoms with Crippen molar-refractivity contribution >= 4 is 57.3 Å². The van der Waals surface area contributed by atoms with Gasteiger partial charge >= 0.3 is 0 Å². The Bertz CT molecular complexity index is 1320. The van der Waals surface area contributed by atoms with Crippen molar-refractivity contribution in [2.45, 2.75) is 33.1 Å². The summed E-state index contributed by atoms with van der Waals surface area (Å²) >= 11 is 7.35. The number of rotatable bonds is 4. The van der Waals surface area contributed by atoms with Gasteiger partial charge in [0.05, 0.1) is 12.0 Å². The maximum Gasteiger partial charge on any atom is 0.283 e. The number of halogens is 1. The van der Waals surface area contributed by atoms with E-state index >= 15 is 0 Å². The molecule has 1 aromatic heterocycles. The predicted molar refractivity (Wildman–Crippen MR) is 136 cm³/mol. The number of amidine groups is 2. The van der Waals surface area contributed by atoms with Gasteiger partial charge in [-0.15, -0.1) is 0 Å². The van der Waals surface area contributed by atoms with Crippen LogP contribution < -0.4 is 0 Å². The summed E-state index contributed by atoms with van der Waals surface area (Å²) in [5.74, 6) is -0.511. The number of likely N-dealkylation sites (tertiary alicyclic amines) is 1. The van der Waals surface area contributed by atoms with Crippen molar-refractivity contribution in [1.82, 2.24) is 14.5 Å². The van der Waals surface area contributed by atoms with Crippen molar-refractivity contribution in [3.8, 4) is 5.69 Å². The van der Waals surface area contributed by atoms with Gasteiger partial charge in [-0.25, -0.2) is 0 Å². The normalized spacial score (nSPS) is 19.1. The van der Waals surface area contributed by atoms with Crippen molar-refractivity contribution in [3.05, 3.63) is 57.9 Å². The van der Waals surface area contributed by atoms with E-state index < -0.39 is 5.91 Å². The van der Waals surface area contributed by atoms with Gasteiger partial charge in [0.2, 0.25) is 11.1 Å². The lowest BCUT2D eigenvalue weighted by Gasteiger charge is -2.20. The van der Waals surface area contributed by atoms with Gasteiger partial charge in [0, 0.05) is 35.2 Å². The fourth-order valence-corrected chi connectivity index (χ4v) is 5.47. The van der Waals surface area contributed by atoms with E-state index in [4.69, 9.17) is 17.0 Å². The first-order valence-electron chi connectivity index (χ1n) is 11.0. The highest BCUT2D eigenvalue weighted by molar-refractivity contribution is 8.27. The molecule has 0 aliphatic carbocycles. The van der Waals surface area contributed by atoms with Crippen LogP contribution in [-0.2, 0) is 9.59 Å². The van der Waals surface area contributed by atoms with Gasteiger partial charge in [-0.2, -0.15) is 15.1 Å². The lowest BCUT2D eigenvalue weighted by atomic mass is 10.1. The van der Waals surface area contributed by atoms with Gasteiger partial charge in [-0.3, -0.25) is 15.0 Å². The van der Waals surface area contributed by atoms with Crippen molar-refractivity contribution in [2.24, 2.45) is 10.1 Å². The minimum Gasteiger partial charge on any atom is -0.342 e. The van der Waals surface area contributed by atoms with Crippen LogP contribution in [-0.4, -0.2) is 55.4 Å². The molecule has 1 N–H and O–H groups in total. The molecule has 1 fully saturated rings. The number of thioether (sulfide) groups is 1. The molecule has 2 aromatic rings. The quantitative estimate of drug-likeness (QED) is 0.638. The van der Waals surface area contributed by atoms with Crippen molar-refractivity contribution in [2.75, 3.05) is 13.1 Å². The zero-order valence-electron chi connectivity index (χ0n) is 18.8. The van der Waals surface area contributed by atoms with Gasteiger partial charge in [0.1, 0.15) is 5.04 Å². The molecular weight excluding hydrogens is 472 g/mol. The van der Waals surface area contributed by atoms with E-state index in [0.29, 0.717) is 15.2 Å². The third-order valence-electron chi connectivity index (χ3n) is 6.09. The summed E-state index contributed by atoms with van der Waals surface area (Å²) in [4.78, 5) is 31.3. The van der Waals surface area contributed by atoms with Crippen molar-refractivity contribution in [3.63, 3.8) is 0 Å². The number of aliphatic imine (C=N–C) groups is 1. The molecule has 174 valence electrons. The summed E-state index contributed by atoms with van der Waals surface area (Å²) in [5.41, 5.74) is 3.78. The molecule has 4 heterocycles. The monoisotopic (exact) mass is 494 g/mol. The number of nitrogens with zero attached hydrogens (tertiary/aromatic N) is 5. The lowest BCUT2D eigenvalue weighted by Crippen LogP contribution is -2.35. The lowest BCUT2D eigenvalue weighted by molar-refractivity contribution is -0.128. The summed E-state index contributed by atoms with van der Waals surface area (Å²) in [6, 6.07) is 9.52. The molecule has 10 heteroatoms. The van der Waals surface area contributed by atoms with Crippen LogP contribution in [0.1, 0.15) is 36.2 Å². The maximum absolute atomic E-state index is 12.8. The zero-order chi connectivity index (χ0) is 24.0. The number of fused-ring (bicyclic) bond motifs is 1. The number of hydrazone groups is 1. The van der Waals surface area contributed by atoms with E-state index in [9.17, 15) is 9.59 Å². The third-order valence-corrected chi connectivity index (χ3v) is 7.24. The van der Waals surface area contributed by atoms with Gasteiger partial charge in [0.15, 0.2) is 5.84 Å². The Balaban J connectivity index is 1.42. The molecule has 5 rings (SSSR count). The number of hydrogen-bond acceptors (Lipinski definition) is 5. The zero-order valence-corrected chi connectivity index (χ0v) is 20.4. The first kappa shape index (κ1) is 22.6. The standard InChI is InChI=1S/C24H23ClN6O2S/c1-14-10-16(15(2)30(14)18-7-5-6-17(25)12-18)11-19-22(26)31-24(27-23(19)33)34-20(28-31)13-21(32)29-8-3-4-9-29/h5-7,10-12,26H,3-4,8-9,13H2,1-2H3. The number of carbonyl (C=O) groups is 2. The molecule has 1 aromatic carbocycles. The van der Waals surface area contributed by atoms with Crippen LogP contribution in [0.3, 0.4) is 0 Å². The number of carbonyl (C=O) groups excluding carboxylic acids is 2. The Kier molecular flexibility index (Phi) is 5.91. The molecule has 3 aliphatic rings. The minimum atomic E-state index is -0.487. The Morgan fingerprint density at radius 2 is 2.00 bits per heavy atom. The second-order valence-corrected chi connectivity index (χ2v) is 9.90. The summed E-state index contributed by atoms with van der Waals surface area (Å²) in [7, 11) is 0. The van der Waals surface area contributed by atoms with Crippen LogP contribution >= 0.6 is 23.4 Å². The largest absolute Gasteiger partial charge is 0.342 e. The number of nitrogens with one attached hydrogen (secondary N) is 1. The van der Waals surface area contributed by atoms with Crippen LogP contribution in [0.25, 0.3) is 11.8 Å². The summed E-state index contributed by atoms with van der Waals surface area (Å²) in [5, 5.41) is 15.9. The smallest absolute Gasteiger partial charge is 0.283 e. The highest BCUT2D eigenvalue weighted by Gasteiger charge is 2.36. The number of amides is 2. The van der Waals surface area contributed by atoms with Gasteiger partial charge in [0.25, 0.3) is 5.91 Å². The molecule has 0 radical (unpaired) electrons. The molecule has 0 atom stereocenters. The average molecular weight is 495 g/mol. The number of hydrogen-bond donors (Lipinski definition) is 1. The molecule has 0 bridgehead atoms. The number of aromatic nitrogens is 1. The predicted octanol–water partition coefficient (Wildman–Crippen LogP) is 4.38. The van der Waals surface area contributed by atoms with E-state index in [0.717, 1.165) is 48.6 Å². The van der Waals surface area contributed by atoms with E-state index in [1.807, 2.05) is 49.1 Å². The molecule has 1 saturated heterocycles. The maximum atomic E-state index is 12.8. The highest BCUT2D eigenvalue weighted by Crippen LogP contribution is 2.31. The summed E-state index contributed by atoms with van der Waals surface area (Å²) in [6.45, 7) is 5.48. The first-order chi connectivity index (χ1) is 16.3. The second-order valence-electron chi connectivity index (χ2n) is 8.42. The number of benzene rings is 1. The Labute approximate surface area is 206 Å². The van der Waals surface area contributed by atoms with E-state index in [2.05, 4.69) is 14.7 Å². The summed E-state index contributed by atoms with van der Waals surface area (Å²) < 4.78 is 2.05. The molecule has 2 amide bonds. The van der Waals surface area contributed by atoms with Gasteiger partial charge in [-0.05, 0) is 74.4 Å². The van der Waals surface area contributed by atoms with E-state index in [1.54, 1.807) is 6.08 Å². The minimum absolute atomic E-state index is 0.0197. The molecule has 34 heavy (non-hydrogen) atoms. The van der Waals surface area contributed by atoms with Crippen LogP contribution in [0.4, 0.5) is 0 Å². The van der Waals surface area contributed by atoms with Crippen LogP contribution in [0.2, 0.25) is 5.02 Å². The summed E-state index contributed by atoms with van der Waals surface area (Å²) in [6.07, 6.45) is 3.88. The molecular formula is C24H23ClN6O2S. The van der Waals surface area contributed by atoms with Crippen molar-refractivity contribution in [1.29, 1.82) is 5.41 Å². The molecule has 0 unspecified atom stereocenters. The van der Waals surface area contributed by atoms with Crippen LogP contribution in [0.5, 0.6) is 0 Å². The van der Waals surface area contributed by atoms with Gasteiger partial charge in [-0.1, -0.05) is 17.7 Å². The Morgan fingerprint density at radius 3 is 2.74 bits per heavy atom. The van der Waals surface area contributed by atoms with Crippen LogP contribution in [0.15, 0.2) is 46.0 Å².